The number of nitrogens with two attached hydrogens (primary N) is 3. The molecule has 0 spiro atoms. The minimum Gasteiger partial charge on any atom is -0.495 e. The van der Waals surface area contributed by atoms with E-state index in [1.54, 1.807) is 6.92 Å². The van der Waals surface area contributed by atoms with Gasteiger partial charge < -0.3 is 26.8 Å². The van der Waals surface area contributed by atoms with Crippen molar-refractivity contribution in [2.45, 2.75) is 24.3 Å². The van der Waals surface area contributed by atoms with Crippen molar-refractivity contribution in [3.63, 3.8) is 0 Å². The number of hydrogen-bond donors (Lipinski definition) is 4. The monoisotopic (exact) mass is 486 g/mol. The van der Waals surface area contributed by atoms with E-state index >= 15 is 0 Å². The normalized spacial score (nSPS) is 12.0. The van der Waals surface area contributed by atoms with Gasteiger partial charge in [0.25, 0.3) is 15.6 Å². The number of pyridine rings is 1. The summed E-state index contributed by atoms with van der Waals surface area (Å²) in [6, 6.07) is 5.60. The van der Waals surface area contributed by atoms with Gasteiger partial charge in [0.1, 0.15) is 29.0 Å². The molecule has 2 aromatic rings. The molecule has 1 aromatic carbocycles. The summed E-state index contributed by atoms with van der Waals surface area (Å²) in [7, 11) is -2.97. The third-order valence-corrected chi connectivity index (χ3v) is 5.89. The van der Waals surface area contributed by atoms with Gasteiger partial charge in [-0.25, -0.2) is 8.42 Å². The van der Waals surface area contributed by atoms with Gasteiger partial charge in [0, 0.05) is 17.1 Å². The summed E-state index contributed by atoms with van der Waals surface area (Å²) in [6.07, 6.45) is -0.0504. The molecule has 12 nitrogen and oxygen atoms in total. The zero-order chi connectivity index (χ0) is 24.1. The second-order valence-electron chi connectivity index (χ2n) is 6.52. The standard InChI is InChI=1S/C18H23ClN6O6S/c1-10-3-5-12(24-32(28,29)15-9-11(19)4-6-14(15)30-2)17(27)25(10)13(16(20)26)7-8-31-23-18(21)22/h3-6,9,13,24H,7-8H2,1-2H3,(H2,20,26)(H4,21,22,23). The maximum atomic E-state index is 13.1. The van der Waals surface area contributed by atoms with Crippen LogP contribution in [0.3, 0.4) is 0 Å². The molecule has 7 N–H and O–H groups in total. The SMILES string of the molecule is COc1ccc(Cl)cc1S(=O)(=O)Nc1ccc(C)n(C(CCON=C(N)N)C(N)=O)c1=O. The van der Waals surface area contributed by atoms with Crippen molar-refractivity contribution in [2.24, 2.45) is 22.4 Å². The second-order valence-corrected chi connectivity index (χ2v) is 8.61. The Labute approximate surface area is 189 Å². The Morgan fingerprint density at radius 3 is 2.53 bits per heavy atom. The third-order valence-electron chi connectivity index (χ3n) is 4.27. The Kier molecular flexibility index (Phi) is 7.94. The van der Waals surface area contributed by atoms with Crippen molar-refractivity contribution in [2.75, 3.05) is 18.4 Å². The van der Waals surface area contributed by atoms with Gasteiger partial charge in [-0.3, -0.25) is 18.9 Å². The van der Waals surface area contributed by atoms with E-state index in [-0.39, 0.29) is 40.3 Å². The van der Waals surface area contributed by atoms with Gasteiger partial charge in [0.15, 0.2) is 0 Å². The van der Waals surface area contributed by atoms with Gasteiger partial charge in [-0.2, -0.15) is 0 Å². The van der Waals surface area contributed by atoms with Gasteiger partial charge in [0.2, 0.25) is 11.9 Å². The smallest absolute Gasteiger partial charge is 0.275 e. The maximum absolute atomic E-state index is 13.1. The number of sulfonamides is 1. The van der Waals surface area contributed by atoms with Crippen LogP contribution in [0.1, 0.15) is 18.2 Å². The Morgan fingerprint density at radius 2 is 1.94 bits per heavy atom. The summed E-state index contributed by atoms with van der Waals surface area (Å²) < 4.78 is 34.2. The zero-order valence-electron chi connectivity index (χ0n) is 17.2. The molecular formula is C18H23ClN6O6S. The van der Waals surface area contributed by atoms with Crippen LogP contribution in [0.2, 0.25) is 5.02 Å². The predicted octanol–water partition coefficient (Wildman–Crippen LogP) is 0.241. The van der Waals surface area contributed by atoms with E-state index in [9.17, 15) is 18.0 Å². The highest BCUT2D eigenvalue weighted by atomic mass is 35.5. The van der Waals surface area contributed by atoms with Gasteiger partial charge in [-0.05, 0) is 42.4 Å². The molecule has 14 heteroatoms. The highest BCUT2D eigenvalue weighted by Crippen LogP contribution is 2.28. The van der Waals surface area contributed by atoms with Crippen LogP contribution in [-0.4, -0.2) is 38.6 Å². The van der Waals surface area contributed by atoms with Crippen molar-refractivity contribution < 1.29 is 22.8 Å². The third kappa shape index (κ3) is 5.82. The number of amides is 1. The molecule has 1 aromatic heterocycles. The molecule has 0 bridgehead atoms. The van der Waals surface area contributed by atoms with Gasteiger partial charge >= 0.3 is 0 Å². The van der Waals surface area contributed by atoms with Crippen LogP contribution in [-0.2, 0) is 19.7 Å². The number of nitrogens with zero attached hydrogens (tertiary/aromatic N) is 2. The Balaban J connectivity index is 2.45. The number of aryl methyl sites for hydroxylation is 1. The van der Waals surface area contributed by atoms with E-state index in [0.29, 0.717) is 5.69 Å². The van der Waals surface area contributed by atoms with Crippen LogP contribution in [0.15, 0.2) is 45.2 Å². The molecule has 0 fully saturated rings. The van der Waals surface area contributed by atoms with Crippen LogP contribution in [0.25, 0.3) is 0 Å². The number of nitrogens with one attached hydrogen (secondary N) is 1. The molecule has 2 rings (SSSR count). The van der Waals surface area contributed by atoms with E-state index < -0.39 is 27.5 Å². The molecule has 0 aliphatic heterocycles. The van der Waals surface area contributed by atoms with Crippen molar-refractivity contribution in [1.29, 1.82) is 0 Å². The van der Waals surface area contributed by atoms with Crippen molar-refractivity contribution in [1.82, 2.24) is 4.57 Å². The highest BCUT2D eigenvalue weighted by molar-refractivity contribution is 7.92. The number of halogens is 1. The van der Waals surface area contributed by atoms with E-state index in [4.69, 9.17) is 38.4 Å². The van der Waals surface area contributed by atoms with Gasteiger partial charge in [0.05, 0.1) is 7.11 Å². The second kappa shape index (κ2) is 10.2. The summed E-state index contributed by atoms with van der Waals surface area (Å²) in [5, 5.41) is 3.49. The van der Waals surface area contributed by atoms with Crippen LogP contribution in [0, 0.1) is 6.92 Å². The average Bonchev–Trinajstić information content (AvgIpc) is 2.71. The maximum Gasteiger partial charge on any atom is 0.275 e. The first-order valence-electron chi connectivity index (χ1n) is 9.06. The molecule has 174 valence electrons. The van der Waals surface area contributed by atoms with E-state index in [1.165, 1.54) is 37.4 Å². The lowest BCUT2D eigenvalue weighted by atomic mass is 10.1. The van der Waals surface area contributed by atoms with Crippen molar-refractivity contribution >= 4 is 39.2 Å². The Hall–Kier alpha value is -3.45. The summed E-state index contributed by atoms with van der Waals surface area (Å²) in [5.74, 6) is -1.12. The summed E-state index contributed by atoms with van der Waals surface area (Å²) in [6.45, 7) is 1.43. The fourth-order valence-electron chi connectivity index (χ4n) is 2.85. The molecule has 0 aliphatic carbocycles. The molecule has 32 heavy (non-hydrogen) atoms. The summed E-state index contributed by atoms with van der Waals surface area (Å²) in [4.78, 5) is 29.7. The lowest BCUT2D eigenvalue weighted by molar-refractivity contribution is -0.121. The van der Waals surface area contributed by atoms with E-state index in [2.05, 4.69) is 9.88 Å². The fraction of sp³-hybridized carbons (Fsp3) is 0.278. The molecule has 1 atom stereocenters. The number of aromatic nitrogens is 1. The van der Waals surface area contributed by atoms with E-state index in [1.807, 2.05) is 0 Å². The van der Waals surface area contributed by atoms with Crippen LogP contribution < -0.4 is 32.2 Å². The number of oxime groups is 1. The Morgan fingerprint density at radius 1 is 1.25 bits per heavy atom. The number of benzene rings is 1. The first-order chi connectivity index (χ1) is 15.0. The molecule has 0 aliphatic rings. The van der Waals surface area contributed by atoms with Crippen molar-refractivity contribution in [3.05, 3.63) is 51.4 Å². The highest BCUT2D eigenvalue weighted by Gasteiger charge is 2.25. The number of methoxy groups -OCH3 is 1. The first kappa shape index (κ1) is 24.8. The number of carbonyl (C=O) groups excluding carboxylic acids is 1. The molecule has 1 heterocycles. The lowest BCUT2D eigenvalue weighted by Crippen LogP contribution is -2.37. The largest absolute Gasteiger partial charge is 0.495 e. The number of primary amides is 1. The van der Waals surface area contributed by atoms with E-state index in [0.717, 1.165) is 4.57 Å². The number of ether oxygens (including phenoxy) is 1. The van der Waals surface area contributed by atoms with Crippen molar-refractivity contribution in [3.8, 4) is 5.75 Å². The number of rotatable bonds is 10. The Bertz CT molecular complexity index is 1190. The van der Waals surface area contributed by atoms with Crippen LogP contribution >= 0.6 is 11.6 Å². The summed E-state index contributed by atoms with van der Waals surface area (Å²) >= 11 is 5.91. The lowest BCUT2D eigenvalue weighted by Gasteiger charge is -2.20. The minimum atomic E-state index is -4.27. The fourth-order valence-corrected chi connectivity index (χ4v) is 4.34. The zero-order valence-corrected chi connectivity index (χ0v) is 18.8. The number of hydrogen-bond acceptors (Lipinski definition) is 7. The van der Waals surface area contributed by atoms with Gasteiger partial charge in [-0.15, -0.1) is 0 Å². The molecule has 0 saturated carbocycles. The minimum absolute atomic E-state index is 0.0289. The number of carbonyl (C=O) groups is 1. The number of anilines is 1. The molecule has 1 unspecified atom stereocenters. The van der Waals surface area contributed by atoms with Crippen LogP contribution in [0.4, 0.5) is 5.69 Å². The topological polar surface area (TPSA) is 194 Å². The number of guanidine groups is 1. The predicted molar refractivity (Wildman–Crippen MR) is 119 cm³/mol. The quantitative estimate of drug-likeness (QED) is 0.158. The molecular weight excluding hydrogens is 464 g/mol. The molecule has 0 saturated heterocycles. The summed E-state index contributed by atoms with van der Waals surface area (Å²) in [5.41, 5.74) is 15.0. The average molecular weight is 487 g/mol. The van der Waals surface area contributed by atoms with Crippen LogP contribution in [0.5, 0.6) is 5.75 Å². The first-order valence-corrected chi connectivity index (χ1v) is 10.9. The molecule has 0 radical (unpaired) electrons. The van der Waals surface area contributed by atoms with Gasteiger partial charge in [-0.1, -0.05) is 11.6 Å². The molecule has 1 amide bonds.